The van der Waals surface area contributed by atoms with Crippen molar-refractivity contribution in [1.82, 2.24) is 4.90 Å². The van der Waals surface area contributed by atoms with Crippen molar-refractivity contribution in [1.29, 1.82) is 0 Å². The highest BCUT2D eigenvalue weighted by Crippen LogP contribution is 2.21. The standard InChI is InChI=1S/C10H17NO3S/c1-6(2)8-5-14-10(13)11(8)9(12)4-7(3)15/h6-8,15H,4-5H2,1-3H3/t7-,8-/m1/s1. The predicted octanol–water partition coefficient (Wildman–Crippen LogP) is 1.70. The van der Waals surface area contributed by atoms with E-state index < -0.39 is 6.09 Å². The molecule has 0 bridgehead atoms. The van der Waals surface area contributed by atoms with Crippen molar-refractivity contribution in [3.63, 3.8) is 0 Å². The Balaban J connectivity index is 2.71. The van der Waals surface area contributed by atoms with Crippen LogP contribution in [0.2, 0.25) is 0 Å². The lowest BCUT2D eigenvalue weighted by molar-refractivity contribution is -0.129. The molecule has 1 aliphatic heterocycles. The van der Waals surface area contributed by atoms with Gasteiger partial charge in [0.2, 0.25) is 5.91 Å². The summed E-state index contributed by atoms with van der Waals surface area (Å²) in [5, 5.41) is -0.0429. The third-order valence-electron chi connectivity index (χ3n) is 2.41. The molecule has 0 radical (unpaired) electrons. The van der Waals surface area contributed by atoms with Gasteiger partial charge in [-0.3, -0.25) is 4.79 Å². The van der Waals surface area contributed by atoms with Crippen LogP contribution in [0.15, 0.2) is 0 Å². The van der Waals surface area contributed by atoms with Crippen molar-refractivity contribution in [3.8, 4) is 0 Å². The Morgan fingerprint density at radius 1 is 1.60 bits per heavy atom. The van der Waals surface area contributed by atoms with Crippen LogP contribution in [0.25, 0.3) is 0 Å². The largest absolute Gasteiger partial charge is 0.447 e. The summed E-state index contributed by atoms with van der Waals surface area (Å²) >= 11 is 4.14. The van der Waals surface area contributed by atoms with E-state index in [-0.39, 0.29) is 29.5 Å². The van der Waals surface area contributed by atoms with Gasteiger partial charge in [-0.15, -0.1) is 0 Å². The third-order valence-corrected chi connectivity index (χ3v) is 2.60. The molecular formula is C10H17NO3S. The van der Waals surface area contributed by atoms with Crippen LogP contribution in [-0.2, 0) is 9.53 Å². The zero-order valence-corrected chi connectivity index (χ0v) is 10.2. The fourth-order valence-corrected chi connectivity index (χ4v) is 1.72. The maximum absolute atomic E-state index is 11.8. The summed E-state index contributed by atoms with van der Waals surface area (Å²) in [6, 6.07) is -0.128. The lowest BCUT2D eigenvalue weighted by Crippen LogP contribution is -2.42. The van der Waals surface area contributed by atoms with Crippen LogP contribution in [0.5, 0.6) is 0 Å². The smallest absolute Gasteiger partial charge is 0.416 e. The number of rotatable bonds is 3. The van der Waals surface area contributed by atoms with Gasteiger partial charge in [0, 0.05) is 11.7 Å². The van der Waals surface area contributed by atoms with Gasteiger partial charge < -0.3 is 4.74 Å². The molecular weight excluding hydrogens is 214 g/mol. The summed E-state index contributed by atoms with van der Waals surface area (Å²) in [6.45, 7) is 6.07. The molecule has 0 aliphatic carbocycles. The minimum absolute atomic E-state index is 0.0429. The van der Waals surface area contributed by atoms with Crippen LogP contribution in [0.1, 0.15) is 27.2 Å². The summed E-state index contributed by atoms with van der Waals surface area (Å²) < 4.78 is 4.88. The Kier molecular flexibility index (Phi) is 4.02. The number of thiol groups is 1. The molecule has 1 fully saturated rings. The minimum atomic E-state index is -0.521. The van der Waals surface area contributed by atoms with E-state index in [1.54, 1.807) is 0 Å². The first-order valence-electron chi connectivity index (χ1n) is 5.10. The number of carbonyl (C=O) groups excluding carboxylic acids is 2. The fourth-order valence-electron chi connectivity index (χ4n) is 1.56. The van der Waals surface area contributed by atoms with Gasteiger partial charge in [0.1, 0.15) is 6.61 Å². The summed E-state index contributed by atoms with van der Waals surface area (Å²) in [7, 11) is 0. The highest BCUT2D eigenvalue weighted by atomic mass is 32.1. The Morgan fingerprint density at radius 3 is 2.67 bits per heavy atom. The molecule has 0 N–H and O–H groups in total. The maximum Gasteiger partial charge on any atom is 0.416 e. The molecule has 4 nitrogen and oxygen atoms in total. The molecule has 1 rings (SSSR count). The molecule has 1 heterocycles. The maximum atomic E-state index is 11.8. The van der Waals surface area contributed by atoms with Crippen molar-refractivity contribution in [2.24, 2.45) is 5.92 Å². The molecule has 5 heteroatoms. The highest BCUT2D eigenvalue weighted by Gasteiger charge is 2.39. The molecule has 86 valence electrons. The lowest BCUT2D eigenvalue weighted by Gasteiger charge is -2.22. The Bertz CT molecular complexity index is 265. The SMILES string of the molecule is CC(C)[C@H]1COC(=O)N1C(=O)C[C@@H](C)S. The van der Waals surface area contributed by atoms with Crippen molar-refractivity contribution < 1.29 is 14.3 Å². The van der Waals surface area contributed by atoms with Gasteiger partial charge in [-0.1, -0.05) is 20.8 Å². The number of amides is 2. The zero-order chi connectivity index (χ0) is 11.6. The average molecular weight is 231 g/mol. The summed E-state index contributed by atoms with van der Waals surface area (Å²) in [5.74, 6) is 0.0225. The van der Waals surface area contributed by atoms with Gasteiger partial charge in [-0.25, -0.2) is 9.69 Å². The van der Waals surface area contributed by atoms with E-state index in [4.69, 9.17) is 4.74 Å². The Labute approximate surface area is 95.4 Å². The first-order chi connectivity index (χ1) is 6.93. The molecule has 0 aromatic rings. The second-order valence-electron chi connectivity index (χ2n) is 4.21. The Hall–Kier alpha value is -0.710. The summed E-state index contributed by atoms with van der Waals surface area (Å²) in [4.78, 5) is 24.4. The van der Waals surface area contributed by atoms with Crippen molar-refractivity contribution in [2.75, 3.05) is 6.61 Å². The van der Waals surface area contributed by atoms with Crippen molar-refractivity contribution in [2.45, 2.75) is 38.5 Å². The molecule has 1 aliphatic rings. The van der Waals surface area contributed by atoms with Gasteiger partial charge in [-0.05, 0) is 5.92 Å². The normalized spacial score (nSPS) is 23.1. The van der Waals surface area contributed by atoms with E-state index in [9.17, 15) is 9.59 Å². The highest BCUT2D eigenvalue weighted by molar-refractivity contribution is 7.80. The molecule has 15 heavy (non-hydrogen) atoms. The van der Waals surface area contributed by atoms with Crippen LogP contribution >= 0.6 is 12.6 Å². The Morgan fingerprint density at radius 2 is 2.20 bits per heavy atom. The molecule has 0 saturated carbocycles. The van der Waals surface area contributed by atoms with Gasteiger partial charge >= 0.3 is 6.09 Å². The number of cyclic esters (lactones) is 1. The zero-order valence-electron chi connectivity index (χ0n) is 9.27. The number of nitrogens with zero attached hydrogens (tertiary/aromatic N) is 1. The van der Waals surface area contributed by atoms with Crippen LogP contribution in [-0.4, -0.2) is 34.8 Å². The molecule has 0 spiro atoms. The number of carbonyl (C=O) groups is 2. The van der Waals surface area contributed by atoms with Crippen LogP contribution in [0.4, 0.5) is 4.79 Å². The van der Waals surface area contributed by atoms with Gasteiger partial charge in [0.05, 0.1) is 6.04 Å². The first kappa shape index (κ1) is 12.4. The van der Waals surface area contributed by atoms with E-state index in [0.29, 0.717) is 6.61 Å². The van der Waals surface area contributed by atoms with E-state index >= 15 is 0 Å². The second-order valence-corrected chi connectivity index (χ2v) is 5.09. The van der Waals surface area contributed by atoms with E-state index in [1.165, 1.54) is 4.90 Å². The quantitative estimate of drug-likeness (QED) is 0.752. The average Bonchev–Trinajstić information content (AvgIpc) is 2.45. The van der Waals surface area contributed by atoms with E-state index in [2.05, 4.69) is 12.6 Å². The van der Waals surface area contributed by atoms with Gasteiger partial charge in [0.25, 0.3) is 0 Å². The van der Waals surface area contributed by atoms with Crippen LogP contribution in [0.3, 0.4) is 0 Å². The van der Waals surface area contributed by atoms with Crippen LogP contribution < -0.4 is 0 Å². The summed E-state index contributed by atoms with van der Waals surface area (Å²) in [6.07, 6.45) is -0.255. The van der Waals surface area contributed by atoms with Gasteiger partial charge in [-0.2, -0.15) is 12.6 Å². The molecule has 1 saturated heterocycles. The van der Waals surface area contributed by atoms with Crippen LogP contribution in [0, 0.1) is 5.92 Å². The topological polar surface area (TPSA) is 46.6 Å². The number of ether oxygens (including phenoxy) is 1. The monoisotopic (exact) mass is 231 g/mol. The fraction of sp³-hybridized carbons (Fsp3) is 0.800. The van der Waals surface area contributed by atoms with Crippen molar-refractivity contribution >= 4 is 24.6 Å². The molecule has 2 atom stereocenters. The van der Waals surface area contributed by atoms with Crippen molar-refractivity contribution in [3.05, 3.63) is 0 Å². The number of imide groups is 1. The molecule has 0 aromatic heterocycles. The minimum Gasteiger partial charge on any atom is -0.447 e. The van der Waals surface area contributed by atoms with E-state index in [1.807, 2.05) is 20.8 Å². The second kappa shape index (κ2) is 4.88. The predicted molar refractivity (Wildman–Crippen MR) is 59.9 cm³/mol. The molecule has 0 unspecified atom stereocenters. The molecule has 0 aromatic carbocycles. The lowest BCUT2D eigenvalue weighted by atomic mass is 10.0. The third kappa shape index (κ3) is 2.87. The number of hydrogen-bond acceptors (Lipinski definition) is 4. The van der Waals surface area contributed by atoms with E-state index in [0.717, 1.165) is 0 Å². The first-order valence-corrected chi connectivity index (χ1v) is 5.62. The summed E-state index contributed by atoms with van der Waals surface area (Å²) in [5.41, 5.74) is 0. The molecule has 2 amide bonds. The number of hydrogen-bond donors (Lipinski definition) is 1. The van der Waals surface area contributed by atoms with Gasteiger partial charge in [0.15, 0.2) is 0 Å².